The van der Waals surface area contributed by atoms with E-state index in [0.717, 1.165) is 18.7 Å². The minimum atomic E-state index is -0.426. The number of aromatic amines is 1. The maximum atomic E-state index is 11.3. The number of H-pyrrole nitrogens is 1. The Morgan fingerprint density at radius 2 is 2.35 bits per heavy atom. The van der Waals surface area contributed by atoms with Gasteiger partial charge in [0.15, 0.2) is 5.82 Å². The number of carbonyl (C=O) groups excluding carboxylic acids is 1. The number of aryl methyl sites for hydroxylation is 1. The summed E-state index contributed by atoms with van der Waals surface area (Å²) < 4.78 is 6.60. The summed E-state index contributed by atoms with van der Waals surface area (Å²) in [5.41, 5.74) is 1.20. The Kier molecular flexibility index (Phi) is 3.22. The Morgan fingerprint density at radius 3 is 3.06 bits per heavy atom. The van der Waals surface area contributed by atoms with Gasteiger partial charge in [-0.2, -0.15) is 0 Å². The fourth-order valence-corrected chi connectivity index (χ4v) is 1.60. The second kappa shape index (κ2) is 4.82. The minimum absolute atomic E-state index is 0.340. The summed E-state index contributed by atoms with van der Waals surface area (Å²) in [6.07, 6.45) is 5.94. The number of rotatable bonds is 4. The number of nitrogens with zero attached hydrogens (tertiary/aromatic N) is 3. The number of hydrogen-bond acceptors (Lipinski definition) is 4. The van der Waals surface area contributed by atoms with Crippen molar-refractivity contribution in [1.29, 1.82) is 0 Å². The zero-order valence-electron chi connectivity index (χ0n) is 9.80. The summed E-state index contributed by atoms with van der Waals surface area (Å²) in [7, 11) is 1.34. The fraction of sp³-hybridized carbons (Fsp3) is 0.364. The smallest absolute Gasteiger partial charge is 0.356 e. The molecule has 0 spiro atoms. The maximum absolute atomic E-state index is 11.3. The molecule has 90 valence electrons. The molecule has 0 aliphatic heterocycles. The third kappa shape index (κ3) is 2.20. The molecule has 0 aliphatic rings. The quantitative estimate of drug-likeness (QED) is 0.813. The van der Waals surface area contributed by atoms with Crippen LogP contribution in [0, 0.1) is 0 Å². The van der Waals surface area contributed by atoms with Crippen molar-refractivity contribution in [3.05, 3.63) is 24.4 Å². The van der Waals surface area contributed by atoms with Crippen molar-refractivity contribution in [2.75, 3.05) is 7.11 Å². The maximum Gasteiger partial charge on any atom is 0.356 e. The lowest BCUT2D eigenvalue weighted by Gasteiger charge is -2.03. The van der Waals surface area contributed by atoms with Crippen molar-refractivity contribution < 1.29 is 9.53 Å². The Balaban J connectivity index is 2.30. The number of ether oxygens (including phenoxy) is 1. The SMILES string of the molecule is CCCn1cncc1-c1ncc(C(=O)OC)[nH]1. The topological polar surface area (TPSA) is 72.8 Å². The van der Waals surface area contributed by atoms with E-state index in [-0.39, 0.29) is 0 Å². The van der Waals surface area contributed by atoms with E-state index >= 15 is 0 Å². The van der Waals surface area contributed by atoms with E-state index in [0.29, 0.717) is 11.5 Å². The van der Waals surface area contributed by atoms with Crippen LogP contribution in [0.25, 0.3) is 11.5 Å². The number of nitrogens with one attached hydrogen (secondary N) is 1. The number of hydrogen-bond donors (Lipinski definition) is 1. The van der Waals surface area contributed by atoms with E-state index in [2.05, 4.69) is 26.6 Å². The van der Waals surface area contributed by atoms with E-state index in [1.165, 1.54) is 13.3 Å². The molecule has 6 nitrogen and oxygen atoms in total. The van der Waals surface area contributed by atoms with Crippen LogP contribution in [0.3, 0.4) is 0 Å². The van der Waals surface area contributed by atoms with Gasteiger partial charge in [0.2, 0.25) is 0 Å². The standard InChI is InChI=1S/C11H14N4O2/c1-3-4-15-7-12-6-9(15)10-13-5-8(14-10)11(16)17-2/h5-7H,3-4H2,1-2H3,(H,13,14). The summed E-state index contributed by atoms with van der Waals surface area (Å²) >= 11 is 0. The molecular formula is C11H14N4O2. The summed E-state index contributed by atoms with van der Waals surface area (Å²) in [6, 6.07) is 0. The first-order chi connectivity index (χ1) is 8.26. The van der Waals surface area contributed by atoms with Crippen LogP contribution in [-0.2, 0) is 11.3 Å². The zero-order valence-corrected chi connectivity index (χ0v) is 9.80. The molecule has 0 saturated carbocycles. The fourth-order valence-electron chi connectivity index (χ4n) is 1.60. The van der Waals surface area contributed by atoms with Crippen LogP contribution in [0.4, 0.5) is 0 Å². The molecule has 0 aliphatic carbocycles. The average molecular weight is 234 g/mol. The van der Waals surface area contributed by atoms with Gasteiger partial charge in [-0.05, 0) is 6.42 Å². The van der Waals surface area contributed by atoms with E-state index in [9.17, 15) is 4.79 Å². The van der Waals surface area contributed by atoms with Gasteiger partial charge in [-0.3, -0.25) is 0 Å². The van der Waals surface area contributed by atoms with Gasteiger partial charge in [0.1, 0.15) is 11.4 Å². The largest absolute Gasteiger partial charge is 0.464 e. The molecule has 0 atom stereocenters. The Labute approximate surface area is 98.7 Å². The summed E-state index contributed by atoms with van der Waals surface area (Å²) in [4.78, 5) is 22.4. The minimum Gasteiger partial charge on any atom is -0.464 e. The Morgan fingerprint density at radius 1 is 1.53 bits per heavy atom. The highest BCUT2D eigenvalue weighted by molar-refractivity contribution is 5.87. The summed E-state index contributed by atoms with van der Waals surface area (Å²) in [5.74, 6) is 0.196. The van der Waals surface area contributed by atoms with Crippen molar-refractivity contribution in [2.45, 2.75) is 19.9 Å². The van der Waals surface area contributed by atoms with Crippen molar-refractivity contribution in [1.82, 2.24) is 19.5 Å². The van der Waals surface area contributed by atoms with Crippen LogP contribution >= 0.6 is 0 Å². The number of aromatic nitrogens is 4. The van der Waals surface area contributed by atoms with Gasteiger partial charge in [0.05, 0.1) is 25.8 Å². The molecule has 0 saturated heterocycles. The molecule has 6 heteroatoms. The number of methoxy groups -OCH3 is 1. The molecular weight excluding hydrogens is 220 g/mol. The lowest BCUT2D eigenvalue weighted by molar-refractivity contribution is 0.0595. The van der Waals surface area contributed by atoms with Crippen LogP contribution < -0.4 is 0 Å². The first kappa shape index (κ1) is 11.4. The van der Waals surface area contributed by atoms with Gasteiger partial charge in [-0.25, -0.2) is 14.8 Å². The first-order valence-corrected chi connectivity index (χ1v) is 5.40. The number of imidazole rings is 2. The van der Waals surface area contributed by atoms with Gasteiger partial charge >= 0.3 is 5.97 Å². The highest BCUT2D eigenvalue weighted by atomic mass is 16.5. The Bertz CT molecular complexity index is 515. The third-order valence-electron chi connectivity index (χ3n) is 2.40. The molecule has 0 unspecified atom stereocenters. The van der Waals surface area contributed by atoms with Gasteiger partial charge in [0.25, 0.3) is 0 Å². The lowest BCUT2D eigenvalue weighted by atomic mass is 10.4. The third-order valence-corrected chi connectivity index (χ3v) is 2.40. The molecule has 0 aromatic carbocycles. The van der Waals surface area contributed by atoms with Crippen molar-refractivity contribution in [3.8, 4) is 11.5 Å². The predicted molar refractivity (Wildman–Crippen MR) is 61.4 cm³/mol. The molecule has 2 rings (SSSR count). The molecule has 0 bridgehead atoms. The highest BCUT2D eigenvalue weighted by Gasteiger charge is 2.13. The monoisotopic (exact) mass is 234 g/mol. The average Bonchev–Trinajstić information content (AvgIpc) is 2.96. The van der Waals surface area contributed by atoms with Crippen molar-refractivity contribution in [3.63, 3.8) is 0 Å². The normalized spacial score (nSPS) is 10.5. The highest BCUT2D eigenvalue weighted by Crippen LogP contribution is 2.15. The van der Waals surface area contributed by atoms with Gasteiger partial charge < -0.3 is 14.3 Å². The van der Waals surface area contributed by atoms with Crippen LogP contribution in [0.5, 0.6) is 0 Å². The van der Waals surface area contributed by atoms with Gasteiger partial charge in [-0.1, -0.05) is 6.92 Å². The van der Waals surface area contributed by atoms with Crippen molar-refractivity contribution >= 4 is 5.97 Å². The molecule has 0 amide bonds. The lowest BCUT2D eigenvalue weighted by Crippen LogP contribution is -2.02. The molecule has 1 N–H and O–H groups in total. The molecule has 2 aromatic heterocycles. The molecule has 0 radical (unpaired) electrons. The van der Waals surface area contributed by atoms with E-state index in [4.69, 9.17) is 0 Å². The first-order valence-electron chi connectivity index (χ1n) is 5.40. The van der Waals surface area contributed by atoms with E-state index in [1.807, 2.05) is 4.57 Å². The second-order valence-corrected chi connectivity index (χ2v) is 3.61. The number of esters is 1. The van der Waals surface area contributed by atoms with E-state index in [1.54, 1.807) is 12.5 Å². The van der Waals surface area contributed by atoms with E-state index < -0.39 is 5.97 Å². The molecule has 0 fully saturated rings. The van der Waals surface area contributed by atoms with Gasteiger partial charge in [0, 0.05) is 6.54 Å². The zero-order chi connectivity index (χ0) is 12.3. The van der Waals surface area contributed by atoms with Crippen LogP contribution in [-0.4, -0.2) is 32.6 Å². The summed E-state index contributed by atoms with van der Waals surface area (Å²) in [5, 5.41) is 0. The Hall–Kier alpha value is -2.11. The summed E-state index contributed by atoms with van der Waals surface area (Å²) in [6.45, 7) is 2.95. The van der Waals surface area contributed by atoms with Gasteiger partial charge in [-0.15, -0.1) is 0 Å². The molecule has 2 aromatic rings. The predicted octanol–water partition coefficient (Wildman–Crippen LogP) is 1.47. The molecule has 2 heterocycles. The van der Waals surface area contributed by atoms with Crippen LogP contribution in [0.15, 0.2) is 18.7 Å². The molecule has 17 heavy (non-hydrogen) atoms. The number of carbonyl (C=O) groups is 1. The van der Waals surface area contributed by atoms with Crippen LogP contribution in [0.2, 0.25) is 0 Å². The van der Waals surface area contributed by atoms with Crippen LogP contribution in [0.1, 0.15) is 23.8 Å². The second-order valence-electron chi connectivity index (χ2n) is 3.61. The van der Waals surface area contributed by atoms with Crippen molar-refractivity contribution in [2.24, 2.45) is 0 Å².